The number of phenols is 1. The highest BCUT2D eigenvalue weighted by Crippen LogP contribution is 2.27. The van der Waals surface area contributed by atoms with Crippen LogP contribution in [0.1, 0.15) is 15.9 Å². The number of amides is 1. The van der Waals surface area contributed by atoms with Crippen LogP contribution in [-0.2, 0) is 0 Å². The summed E-state index contributed by atoms with van der Waals surface area (Å²) in [7, 11) is 3.01. The van der Waals surface area contributed by atoms with Crippen molar-refractivity contribution < 1.29 is 19.4 Å². The molecule has 0 unspecified atom stereocenters. The van der Waals surface area contributed by atoms with Crippen LogP contribution in [0.5, 0.6) is 17.2 Å². The first-order chi connectivity index (χ1) is 11.4. The molecule has 0 radical (unpaired) electrons. The molecule has 0 spiro atoms. The maximum Gasteiger partial charge on any atom is 0.257 e. The van der Waals surface area contributed by atoms with Crippen LogP contribution < -0.4 is 20.1 Å². The zero-order valence-electron chi connectivity index (χ0n) is 13.5. The van der Waals surface area contributed by atoms with Gasteiger partial charge in [0.15, 0.2) is 16.6 Å². The summed E-state index contributed by atoms with van der Waals surface area (Å²) in [6.07, 6.45) is 0. The lowest BCUT2D eigenvalue weighted by Gasteiger charge is -2.12. The van der Waals surface area contributed by atoms with Crippen molar-refractivity contribution >= 4 is 28.9 Å². The van der Waals surface area contributed by atoms with Crippen molar-refractivity contribution in [3.8, 4) is 17.2 Å². The molecule has 0 bridgehead atoms. The van der Waals surface area contributed by atoms with Crippen molar-refractivity contribution in [2.24, 2.45) is 0 Å². The minimum absolute atomic E-state index is 0.0447. The van der Waals surface area contributed by atoms with E-state index in [9.17, 15) is 9.90 Å². The van der Waals surface area contributed by atoms with Gasteiger partial charge >= 0.3 is 0 Å². The van der Waals surface area contributed by atoms with Gasteiger partial charge in [-0.3, -0.25) is 10.1 Å². The molecular weight excluding hydrogens is 328 g/mol. The lowest BCUT2D eigenvalue weighted by atomic mass is 10.2. The summed E-state index contributed by atoms with van der Waals surface area (Å²) in [5, 5.41) is 15.2. The van der Waals surface area contributed by atoms with Crippen LogP contribution in [-0.4, -0.2) is 30.3 Å². The number of phenolic OH excluding ortho intramolecular Hbond substituents is 1. The SMILES string of the molecule is COc1ccc(C(=O)NC(=S)Nc2cc(C)ccc2O)cc1OC. The average Bonchev–Trinajstić information content (AvgIpc) is 2.57. The van der Waals surface area contributed by atoms with E-state index >= 15 is 0 Å². The van der Waals surface area contributed by atoms with Crippen molar-refractivity contribution in [1.29, 1.82) is 0 Å². The smallest absolute Gasteiger partial charge is 0.257 e. The molecular formula is C17H18N2O4S. The quantitative estimate of drug-likeness (QED) is 0.584. The van der Waals surface area contributed by atoms with Crippen molar-refractivity contribution in [3.63, 3.8) is 0 Å². The van der Waals surface area contributed by atoms with E-state index in [0.717, 1.165) is 5.56 Å². The minimum Gasteiger partial charge on any atom is -0.506 e. The molecule has 0 aliphatic rings. The largest absolute Gasteiger partial charge is 0.506 e. The van der Waals surface area contributed by atoms with E-state index in [4.69, 9.17) is 21.7 Å². The summed E-state index contributed by atoms with van der Waals surface area (Å²) < 4.78 is 10.3. The van der Waals surface area contributed by atoms with Gasteiger partial charge in [-0.05, 0) is 55.0 Å². The molecule has 6 nitrogen and oxygen atoms in total. The summed E-state index contributed by atoms with van der Waals surface area (Å²) in [5.41, 5.74) is 1.74. The molecule has 7 heteroatoms. The molecule has 0 atom stereocenters. The third-order valence-electron chi connectivity index (χ3n) is 3.27. The summed E-state index contributed by atoms with van der Waals surface area (Å²) in [6, 6.07) is 9.84. The Hall–Kier alpha value is -2.80. The Morgan fingerprint density at radius 2 is 1.79 bits per heavy atom. The van der Waals surface area contributed by atoms with E-state index in [-0.39, 0.29) is 10.9 Å². The summed E-state index contributed by atoms with van der Waals surface area (Å²) >= 11 is 5.11. The lowest BCUT2D eigenvalue weighted by molar-refractivity contribution is 0.0977. The van der Waals surface area contributed by atoms with E-state index in [2.05, 4.69) is 10.6 Å². The number of hydrogen-bond donors (Lipinski definition) is 3. The molecule has 0 aliphatic heterocycles. The van der Waals surface area contributed by atoms with Crippen LogP contribution in [0.15, 0.2) is 36.4 Å². The number of aromatic hydroxyl groups is 1. The van der Waals surface area contributed by atoms with Crippen molar-refractivity contribution in [2.45, 2.75) is 6.92 Å². The average molecular weight is 346 g/mol. The molecule has 1 amide bonds. The molecule has 3 N–H and O–H groups in total. The van der Waals surface area contributed by atoms with Gasteiger partial charge < -0.3 is 19.9 Å². The molecule has 0 aliphatic carbocycles. The number of aryl methyl sites for hydroxylation is 1. The second kappa shape index (κ2) is 7.65. The fourth-order valence-electron chi connectivity index (χ4n) is 2.06. The van der Waals surface area contributed by atoms with Crippen LogP contribution in [0, 0.1) is 6.92 Å². The van der Waals surface area contributed by atoms with Crippen molar-refractivity contribution in [2.75, 3.05) is 19.5 Å². The number of rotatable bonds is 4. The molecule has 0 saturated heterocycles. The van der Waals surface area contributed by atoms with Gasteiger partial charge in [0.25, 0.3) is 5.91 Å². The van der Waals surface area contributed by atoms with E-state index < -0.39 is 5.91 Å². The van der Waals surface area contributed by atoms with Gasteiger partial charge in [0.05, 0.1) is 19.9 Å². The highest BCUT2D eigenvalue weighted by atomic mass is 32.1. The number of methoxy groups -OCH3 is 2. The third-order valence-corrected chi connectivity index (χ3v) is 3.48. The zero-order valence-corrected chi connectivity index (χ0v) is 14.4. The van der Waals surface area contributed by atoms with Crippen LogP contribution in [0.4, 0.5) is 5.69 Å². The Morgan fingerprint density at radius 1 is 1.08 bits per heavy atom. The fourth-order valence-corrected chi connectivity index (χ4v) is 2.26. The summed E-state index contributed by atoms with van der Waals surface area (Å²) in [5.74, 6) is 0.615. The molecule has 126 valence electrons. The second-order valence-corrected chi connectivity index (χ2v) is 5.41. The number of anilines is 1. The number of thiocarbonyl (C=S) groups is 1. The monoisotopic (exact) mass is 346 g/mol. The predicted octanol–water partition coefficient (Wildman–Crippen LogP) is 2.84. The van der Waals surface area contributed by atoms with Gasteiger partial charge in [0.1, 0.15) is 5.75 Å². The Morgan fingerprint density at radius 3 is 2.46 bits per heavy atom. The maximum absolute atomic E-state index is 12.3. The second-order valence-electron chi connectivity index (χ2n) is 5.00. The van der Waals surface area contributed by atoms with E-state index in [1.54, 1.807) is 36.4 Å². The number of benzene rings is 2. The third kappa shape index (κ3) is 4.14. The molecule has 2 aromatic carbocycles. The first kappa shape index (κ1) is 17.6. The molecule has 24 heavy (non-hydrogen) atoms. The number of nitrogens with one attached hydrogen (secondary N) is 2. The normalized spacial score (nSPS) is 9.96. The standard InChI is InChI=1S/C17H18N2O4S/c1-10-4-6-13(20)12(8-10)18-17(24)19-16(21)11-5-7-14(22-2)15(9-11)23-3/h4-9,20H,1-3H3,(H2,18,19,21,24). The van der Waals surface area contributed by atoms with E-state index in [1.165, 1.54) is 14.2 Å². The van der Waals surface area contributed by atoms with Gasteiger partial charge in [-0.25, -0.2) is 0 Å². The topological polar surface area (TPSA) is 79.8 Å². The van der Waals surface area contributed by atoms with Gasteiger partial charge in [-0.15, -0.1) is 0 Å². The van der Waals surface area contributed by atoms with Crippen LogP contribution in [0.25, 0.3) is 0 Å². The summed E-state index contributed by atoms with van der Waals surface area (Å²) in [6.45, 7) is 1.88. The number of ether oxygens (including phenoxy) is 2. The van der Waals surface area contributed by atoms with Crippen molar-refractivity contribution in [1.82, 2.24) is 5.32 Å². The van der Waals surface area contributed by atoms with Gasteiger partial charge in [0, 0.05) is 5.56 Å². The van der Waals surface area contributed by atoms with Crippen LogP contribution >= 0.6 is 12.2 Å². The fraction of sp³-hybridized carbons (Fsp3) is 0.176. The van der Waals surface area contributed by atoms with E-state index in [1.807, 2.05) is 6.92 Å². The number of hydrogen-bond acceptors (Lipinski definition) is 5. The van der Waals surface area contributed by atoms with Crippen molar-refractivity contribution in [3.05, 3.63) is 47.5 Å². The van der Waals surface area contributed by atoms with Crippen LogP contribution in [0.3, 0.4) is 0 Å². The number of carbonyl (C=O) groups excluding carboxylic acids is 1. The predicted molar refractivity (Wildman–Crippen MR) is 96.1 cm³/mol. The number of carbonyl (C=O) groups is 1. The molecule has 0 fully saturated rings. The molecule has 0 heterocycles. The Labute approximate surface area is 145 Å². The Kier molecular flexibility index (Phi) is 5.59. The highest BCUT2D eigenvalue weighted by Gasteiger charge is 2.13. The first-order valence-electron chi connectivity index (χ1n) is 7.08. The first-order valence-corrected chi connectivity index (χ1v) is 7.49. The molecule has 2 aromatic rings. The molecule has 2 rings (SSSR count). The van der Waals surface area contributed by atoms with Gasteiger partial charge in [0.2, 0.25) is 0 Å². The minimum atomic E-state index is -0.402. The van der Waals surface area contributed by atoms with Crippen LogP contribution in [0.2, 0.25) is 0 Å². The highest BCUT2D eigenvalue weighted by molar-refractivity contribution is 7.80. The Balaban J connectivity index is 2.09. The zero-order chi connectivity index (χ0) is 17.7. The summed E-state index contributed by atoms with van der Waals surface area (Å²) in [4.78, 5) is 12.3. The lowest BCUT2D eigenvalue weighted by Crippen LogP contribution is -2.34. The molecule has 0 aromatic heterocycles. The maximum atomic E-state index is 12.3. The van der Waals surface area contributed by atoms with Gasteiger partial charge in [-0.2, -0.15) is 0 Å². The van der Waals surface area contributed by atoms with E-state index in [0.29, 0.717) is 22.7 Å². The molecule has 0 saturated carbocycles. The Bertz CT molecular complexity index is 777. The van der Waals surface area contributed by atoms with Gasteiger partial charge in [-0.1, -0.05) is 6.07 Å².